The van der Waals surface area contributed by atoms with E-state index in [4.69, 9.17) is 0 Å². The summed E-state index contributed by atoms with van der Waals surface area (Å²) in [5.41, 5.74) is 1.09. The molecule has 2 rings (SSSR count). The van der Waals surface area contributed by atoms with Crippen LogP contribution in [-0.2, 0) is 16.4 Å². The van der Waals surface area contributed by atoms with Gasteiger partial charge in [0.2, 0.25) is 0 Å². The minimum Gasteiger partial charge on any atom is -0.291 e. The van der Waals surface area contributed by atoms with Crippen LogP contribution >= 0.6 is 0 Å². The number of fused-ring (bicyclic) bond motifs is 1. The summed E-state index contributed by atoms with van der Waals surface area (Å²) >= 11 is 0. The third-order valence-corrected chi connectivity index (χ3v) is 4.07. The zero-order valence-electron chi connectivity index (χ0n) is 15.8. The van der Waals surface area contributed by atoms with E-state index in [2.05, 4.69) is 4.98 Å². The van der Waals surface area contributed by atoms with Crippen LogP contribution in [0.5, 0.6) is 0 Å². The van der Waals surface area contributed by atoms with E-state index in [0.29, 0.717) is 0 Å². The van der Waals surface area contributed by atoms with Gasteiger partial charge in [-0.2, -0.15) is 4.98 Å². The molecule has 136 valence electrons. The number of sulfone groups is 1. The second-order valence-electron chi connectivity index (χ2n) is 5.23. The van der Waals surface area contributed by atoms with Crippen LogP contribution in [0.15, 0.2) is 29.1 Å². The van der Waals surface area contributed by atoms with E-state index in [-0.39, 0.29) is 18.2 Å². The predicted octanol–water partition coefficient (Wildman–Crippen LogP) is 3.62. The molecule has 2 aromatic rings. The monoisotopic (exact) mass is 354 g/mol. The van der Waals surface area contributed by atoms with Crippen LogP contribution < -0.4 is 5.69 Å². The van der Waals surface area contributed by atoms with Crippen LogP contribution in [-0.4, -0.2) is 30.0 Å². The summed E-state index contributed by atoms with van der Waals surface area (Å²) in [4.78, 5) is 16.2. The zero-order valence-corrected chi connectivity index (χ0v) is 16.6. The molecule has 24 heavy (non-hydrogen) atoms. The molecule has 1 aromatic heterocycles. The lowest BCUT2D eigenvalue weighted by molar-refractivity contribution is 0.593. The number of nitrogens with zero attached hydrogens (tertiary/aromatic N) is 2. The Morgan fingerprint density at radius 1 is 1.08 bits per heavy atom. The summed E-state index contributed by atoms with van der Waals surface area (Å²) in [6, 6.07) is 7.46. The number of hydrogen-bond donors (Lipinski definition) is 0. The van der Waals surface area contributed by atoms with E-state index >= 15 is 0 Å². The Balaban J connectivity index is 0.00000123. The first-order valence-corrected chi connectivity index (χ1v) is 10.5. The van der Waals surface area contributed by atoms with Gasteiger partial charge in [-0.05, 0) is 12.0 Å². The van der Waals surface area contributed by atoms with Crippen molar-refractivity contribution < 1.29 is 8.42 Å². The largest absolute Gasteiger partial charge is 0.348 e. The molecule has 0 aliphatic rings. The molecule has 0 saturated heterocycles. The SMILES string of the molecule is CC.CC.CC(C)c1nc(=O)n(CCS(C)(=O)=O)c2ccccc12. The summed E-state index contributed by atoms with van der Waals surface area (Å²) in [7, 11) is -3.12. The first-order chi connectivity index (χ1) is 11.3. The topological polar surface area (TPSA) is 69.0 Å². The summed E-state index contributed by atoms with van der Waals surface area (Å²) in [5.74, 6) is 0.0664. The Labute approximate surface area is 145 Å². The minimum absolute atomic E-state index is 0.0698. The molecule has 0 radical (unpaired) electrons. The van der Waals surface area contributed by atoms with E-state index in [1.54, 1.807) is 0 Å². The van der Waals surface area contributed by atoms with Crippen molar-refractivity contribution in [2.45, 2.75) is 54.0 Å². The van der Waals surface area contributed by atoms with Gasteiger partial charge in [-0.25, -0.2) is 13.2 Å². The minimum atomic E-state index is -3.12. The fourth-order valence-corrected chi connectivity index (χ4v) is 2.68. The third-order valence-electron chi connectivity index (χ3n) is 3.15. The number of aromatic nitrogens is 2. The molecule has 0 aliphatic carbocycles. The first kappa shape index (κ1) is 22.3. The third kappa shape index (κ3) is 6.07. The molecule has 0 N–H and O–H groups in total. The van der Waals surface area contributed by atoms with Crippen LogP contribution in [0.25, 0.3) is 10.9 Å². The maximum atomic E-state index is 12.1. The number of hydrogen-bond acceptors (Lipinski definition) is 4. The molecule has 1 heterocycles. The Hall–Kier alpha value is -1.69. The van der Waals surface area contributed by atoms with E-state index in [1.165, 1.54) is 4.57 Å². The molecule has 6 heteroatoms. The normalized spacial score (nSPS) is 10.7. The van der Waals surface area contributed by atoms with Gasteiger partial charge in [-0.1, -0.05) is 59.7 Å². The summed E-state index contributed by atoms with van der Waals surface area (Å²) in [6.07, 6.45) is 1.16. The Morgan fingerprint density at radius 3 is 2.12 bits per heavy atom. The van der Waals surface area contributed by atoms with Crippen LogP contribution in [0, 0.1) is 0 Å². The van der Waals surface area contributed by atoms with Gasteiger partial charge in [0.1, 0.15) is 9.84 Å². The van der Waals surface area contributed by atoms with E-state index in [0.717, 1.165) is 22.9 Å². The molecule has 0 fully saturated rings. The zero-order chi connectivity index (χ0) is 18.9. The van der Waals surface area contributed by atoms with Crippen LogP contribution in [0.4, 0.5) is 0 Å². The van der Waals surface area contributed by atoms with Crippen molar-refractivity contribution in [3.63, 3.8) is 0 Å². The van der Waals surface area contributed by atoms with Crippen LogP contribution in [0.3, 0.4) is 0 Å². The average molecular weight is 355 g/mol. The molecule has 1 aromatic carbocycles. The number of aryl methyl sites for hydroxylation is 1. The summed E-state index contributed by atoms with van der Waals surface area (Å²) in [6.45, 7) is 12.1. The van der Waals surface area contributed by atoms with Crippen LogP contribution in [0.2, 0.25) is 0 Å². The highest BCUT2D eigenvalue weighted by molar-refractivity contribution is 7.90. The van der Waals surface area contributed by atoms with Crippen molar-refractivity contribution in [3.05, 3.63) is 40.4 Å². The fraction of sp³-hybridized carbons (Fsp3) is 0.556. The summed E-state index contributed by atoms with van der Waals surface area (Å²) < 4.78 is 24.0. The van der Waals surface area contributed by atoms with E-state index in [1.807, 2.05) is 65.8 Å². The molecule has 0 aliphatic heterocycles. The Morgan fingerprint density at radius 2 is 1.62 bits per heavy atom. The molecule has 5 nitrogen and oxygen atoms in total. The first-order valence-electron chi connectivity index (χ1n) is 8.47. The quantitative estimate of drug-likeness (QED) is 0.841. The van der Waals surface area contributed by atoms with Gasteiger partial charge in [-0.15, -0.1) is 0 Å². The number of benzene rings is 1. The van der Waals surface area contributed by atoms with E-state index in [9.17, 15) is 13.2 Å². The van der Waals surface area contributed by atoms with Crippen molar-refractivity contribution in [2.24, 2.45) is 0 Å². The predicted molar refractivity (Wildman–Crippen MR) is 102 cm³/mol. The van der Waals surface area contributed by atoms with Crippen molar-refractivity contribution in [3.8, 4) is 0 Å². The molecule has 0 bridgehead atoms. The molecular weight excluding hydrogens is 324 g/mol. The highest BCUT2D eigenvalue weighted by atomic mass is 32.2. The van der Waals surface area contributed by atoms with Gasteiger partial charge in [0.15, 0.2) is 0 Å². The lowest BCUT2D eigenvalue weighted by Gasteiger charge is -2.13. The average Bonchev–Trinajstić information content (AvgIpc) is 2.56. The van der Waals surface area contributed by atoms with Crippen molar-refractivity contribution in [1.82, 2.24) is 9.55 Å². The second kappa shape index (κ2) is 10.2. The van der Waals surface area contributed by atoms with Crippen molar-refractivity contribution in [2.75, 3.05) is 12.0 Å². The molecule has 0 atom stereocenters. The Kier molecular flexibility index (Phi) is 9.51. The lowest BCUT2D eigenvalue weighted by atomic mass is 10.0. The molecule has 0 spiro atoms. The Bertz CT molecular complexity index is 794. The van der Waals surface area contributed by atoms with Crippen molar-refractivity contribution >= 4 is 20.7 Å². The van der Waals surface area contributed by atoms with Gasteiger partial charge in [0.25, 0.3) is 0 Å². The van der Waals surface area contributed by atoms with Gasteiger partial charge in [0.05, 0.1) is 17.0 Å². The molecular formula is C18H30N2O3S. The number of para-hydroxylation sites is 1. The van der Waals surface area contributed by atoms with E-state index < -0.39 is 15.5 Å². The fourth-order valence-electron chi connectivity index (χ4n) is 2.17. The van der Waals surface area contributed by atoms with Gasteiger partial charge in [-0.3, -0.25) is 4.57 Å². The molecule has 0 unspecified atom stereocenters. The van der Waals surface area contributed by atoms with Crippen molar-refractivity contribution in [1.29, 1.82) is 0 Å². The molecule has 0 saturated carbocycles. The highest BCUT2D eigenvalue weighted by Crippen LogP contribution is 2.21. The second-order valence-corrected chi connectivity index (χ2v) is 7.49. The standard InChI is InChI=1S/C14H18N2O3S.2C2H6/c1-10(2)13-11-6-4-5-7-12(11)16(14(17)15-13)8-9-20(3,18)19;2*1-2/h4-7,10H,8-9H2,1-3H3;2*1-2H3. The highest BCUT2D eigenvalue weighted by Gasteiger charge is 2.13. The number of rotatable bonds is 4. The van der Waals surface area contributed by atoms with Gasteiger partial charge in [0, 0.05) is 18.2 Å². The molecule has 0 amide bonds. The summed E-state index contributed by atoms with van der Waals surface area (Å²) in [5, 5.41) is 0.899. The van der Waals surface area contributed by atoms with Crippen LogP contribution in [0.1, 0.15) is 53.2 Å². The van der Waals surface area contributed by atoms with Gasteiger partial charge >= 0.3 is 5.69 Å². The lowest BCUT2D eigenvalue weighted by Crippen LogP contribution is -2.28. The van der Waals surface area contributed by atoms with Gasteiger partial charge < -0.3 is 0 Å². The smallest absolute Gasteiger partial charge is 0.291 e. The maximum absolute atomic E-state index is 12.1. The maximum Gasteiger partial charge on any atom is 0.348 e.